The van der Waals surface area contributed by atoms with Crippen molar-refractivity contribution in [1.29, 1.82) is 0 Å². The van der Waals surface area contributed by atoms with E-state index in [4.69, 9.17) is 0 Å². The molecule has 3 aromatic rings. The Bertz CT molecular complexity index is 1330. The van der Waals surface area contributed by atoms with Gasteiger partial charge in [-0.3, -0.25) is 9.29 Å². The highest BCUT2D eigenvalue weighted by Crippen LogP contribution is 2.41. The summed E-state index contributed by atoms with van der Waals surface area (Å²) in [5.74, 6) is -0.891. The smallest absolute Gasteiger partial charge is 0.295 e. The number of benzene rings is 3. The Morgan fingerprint density at radius 2 is 1.62 bits per heavy atom. The Morgan fingerprint density at radius 1 is 0.865 bits per heavy atom. The van der Waals surface area contributed by atoms with Gasteiger partial charge in [-0.05, 0) is 88.4 Å². The van der Waals surface area contributed by atoms with Crippen LogP contribution in [0.3, 0.4) is 0 Å². The average molecular weight is 510 g/mol. The van der Waals surface area contributed by atoms with Crippen LogP contribution in [0.4, 0.5) is 22.0 Å². The van der Waals surface area contributed by atoms with Gasteiger partial charge in [0, 0.05) is 19.6 Å². The van der Waals surface area contributed by atoms with E-state index >= 15 is 0 Å². The highest BCUT2D eigenvalue weighted by atomic mass is 19.4. The maximum Gasteiger partial charge on any atom is 0.416 e. The molecule has 2 aliphatic rings. The molecule has 37 heavy (non-hydrogen) atoms. The lowest BCUT2D eigenvalue weighted by molar-refractivity contribution is -0.137. The molecule has 0 saturated carbocycles. The molecule has 0 amide bonds. The van der Waals surface area contributed by atoms with E-state index in [-0.39, 0.29) is 12.2 Å². The molecule has 0 radical (unpaired) electrons. The first kappa shape index (κ1) is 25.4. The van der Waals surface area contributed by atoms with Gasteiger partial charge in [-0.25, -0.2) is 4.39 Å². The highest BCUT2D eigenvalue weighted by molar-refractivity contribution is 6.00. The van der Waals surface area contributed by atoms with Crippen LogP contribution in [0.1, 0.15) is 52.6 Å². The largest absolute Gasteiger partial charge is 0.416 e. The lowest BCUT2D eigenvalue weighted by Crippen LogP contribution is -2.40. The van der Waals surface area contributed by atoms with Gasteiger partial charge >= 0.3 is 6.18 Å². The molecule has 0 unspecified atom stereocenters. The summed E-state index contributed by atoms with van der Waals surface area (Å²) in [6.45, 7) is 2.14. The van der Waals surface area contributed by atoms with Crippen molar-refractivity contribution < 1.29 is 22.0 Å². The summed E-state index contributed by atoms with van der Waals surface area (Å²) in [7, 11) is 0. The molecule has 1 nitrogen and oxygen atoms in total. The van der Waals surface area contributed by atoms with Gasteiger partial charge in [0.1, 0.15) is 5.82 Å². The zero-order valence-electron chi connectivity index (χ0n) is 20.4. The number of halogens is 5. The molecule has 1 heterocycles. The molecule has 1 fully saturated rings. The maximum atomic E-state index is 14.4. The number of fused-ring (bicyclic) bond motifs is 1. The lowest BCUT2D eigenvalue weighted by atomic mass is 9.87. The second-order valence-corrected chi connectivity index (χ2v) is 9.77. The number of hydrogen-bond acceptors (Lipinski definition) is 1. The van der Waals surface area contributed by atoms with Crippen molar-refractivity contribution in [3.05, 3.63) is 112 Å². The Morgan fingerprint density at radius 3 is 2.35 bits per heavy atom. The fourth-order valence-electron chi connectivity index (χ4n) is 5.31. The predicted octanol–water partition coefficient (Wildman–Crippen LogP) is 8.20. The highest BCUT2D eigenvalue weighted by Gasteiger charge is 2.32. The number of allylic oxidation sites excluding steroid dienone is 1. The third kappa shape index (κ3) is 5.69. The summed E-state index contributed by atoms with van der Waals surface area (Å²) in [5.41, 5.74) is 6.19. The topological polar surface area (TPSA) is 3.24 Å². The maximum absolute atomic E-state index is 14.4. The monoisotopic (exact) mass is 509 g/mol. The number of alkyl halides is 4. The first-order valence-electron chi connectivity index (χ1n) is 12.6. The second-order valence-electron chi connectivity index (χ2n) is 9.77. The van der Waals surface area contributed by atoms with Crippen LogP contribution >= 0.6 is 0 Å². The van der Waals surface area contributed by atoms with Gasteiger partial charge in [-0.1, -0.05) is 54.6 Å². The molecule has 5 rings (SSSR count). The van der Waals surface area contributed by atoms with Crippen molar-refractivity contribution in [2.75, 3.05) is 26.3 Å². The van der Waals surface area contributed by atoms with Crippen LogP contribution in [0, 0.1) is 5.82 Å². The number of hydrogen-bond donors (Lipinski definition) is 0. The summed E-state index contributed by atoms with van der Waals surface area (Å²) in [5, 5.41) is 0. The molecule has 192 valence electrons. The molecule has 1 aliphatic carbocycles. The quantitative estimate of drug-likeness (QED) is 0.303. The Balaban J connectivity index is 1.55. The van der Waals surface area contributed by atoms with E-state index in [2.05, 4.69) is 17.0 Å². The van der Waals surface area contributed by atoms with E-state index in [1.54, 1.807) is 0 Å². The van der Waals surface area contributed by atoms with Crippen LogP contribution in [0.25, 0.3) is 17.2 Å². The van der Waals surface area contributed by atoms with Gasteiger partial charge in [0.05, 0.1) is 12.2 Å². The van der Waals surface area contributed by atoms with E-state index in [1.807, 2.05) is 42.5 Å². The third-order valence-electron chi connectivity index (χ3n) is 7.07. The number of rotatable bonds is 6. The van der Waals surface area contributed by atoms with E-state index in [9.17, 15) is 22.0 Å². The Hall–Kier alpha value is -3.25. The van der Waals surface area contributed by atoms with Gasteiger partial charge in [0.15, 0.2) is 0 Å². The zero-order valence-corrected chi connectivity index (χ0v) is 20.4. The number of likely N-dealkylation sites (tertiary alicyclic amines) is 1. The number of nitrogens with zero attached hydrogens (tertiary/aromatic N) is 1. The first-order valence-corrected chi connectivity index (χ1v) is 12.6. The molecule has 0 bridgehead atoms. The third-order valence-corrected chi connectivity index (χ3v) is 7.07. The molecular formula is C31H28F5N. The van der Waals surface area contributed by atoms with E-state index in [0.29, 0.717) is 18.9 Å². The van der Waals surface area contributed by atoms with Gasteiger partial charge in [0.2, 0.25) is 0 Å². The van der Waals surface area contributed by atoms with Crippen LogP contribution in [-0.2, 0) is 12.6 Å². The van der Waals surface area contributed by atoms with Crippen molar-refractivity contribution in [2.45, 2.75) is 31.9 Å². The summed E-state index contributed by atoms with van der Waals surface area (Å²) in [4.78, 5) is 2.20. The van der Waals surface area contributed by atoms with Gasteiger partial charge in [0.25, 0.3) is 0 Å². The van der Waals surface area contributed by atoms with Crippen LogP contribution < -0.4 is 0 Å². The predicted molar refractivity (Wildman–Crippen MR) is 138 cm³/mol. The zero-order chi connectivity index (χ0) is 26.0. The minimum absolute atomic E-state index is 0.271. The first-order chi connectivity index (χ1) is 17.8. The average Bonchev–Trinajstić information content (AvgIpc) is 3.04. The summed E-state index contributed by atoms with van der Waals surface area (Å²) < 4.78 is 67.3. The fraction of sp³-hybridized carbons (Fsp3) is 0.290. The van der Waals surface area contributed by atoms with Gasteiger partial charge in [-0.2, -0.15) is 13.2 Å². The van der Waals surface area contributed by atoms with E-state index in [0.717, 1.165) is 71.9 Å². The van der Waals surface area contributed by atoms with Crippen molar-refractivity contribution in [1.82, 2.24) is 4.90 Å². The van der Waals surface area contributed by atoms with Crippen LogP contribution in [-0.4, -0.2) is 31.2 Å². The molecule has 6 heteroatoms. The molecule has 1 aliphatic heterocycles. The van der Waals surface area contributed by atoms with Gasteiger partial charge < -0.3 is 0 Å². The standard InChI is InChI=1S/C31H28F5N/c32-13-4-14-37-19-22(20-37)15-21-9-11-24(12-10-21)30-28-7-2-1-5-23(28)6-3-8-29(30)25-16-26(31(34,35)36)18-27(33)17-25/h1-2,5,7,9-12,15-18H,3-4,6,8,13-14,19-20H2. The summed E-state index contributed by atoms with van der Waals surface area (Å²) in [6, 6.07) is 18.8. The van der Waals surface area contributed by atoms with Crippen molar-refractivity contribution in [3.8, 4) is 0 Å². The minimum Gasteiger partial charge on any atom is -0.295 e. The molecule has 3 aromatic carbocycles. The van der Waals surface area contributed by atoms with Crippen molar-refractivity contribution in [3.63, 3.8) is 0 Å². The molecule has 0 aromatic heterocycles. The van der Waals surface area contributed by atoms with Crippen LogP contribution in [0.2, 0.25) is 0 Å². The molecule has 0 spiro atoms. The van der Waals surface area contributed by atoms with Crippen molar-refractivity contribution in [2.24, 2.45) is 0 Å². The Labute approximate surface area is 213 Å². The summed E-state index contributed by atoms with van der Waals surface area (Å²) in [6.07, 6.45) is 0.166. The van der Waals surface area contributed by atoms with Crippen LogP contribution in [0.5, 0.6) is 0 Å². The minimum atomic E-state index is -4.63. The number of aryl methyl sites for hydroxylation is 1. The van der Waals surface area contributed by atoms with E-state index in [1.165, 1.54) is 11.6 Å². The molecular weight excluding hydrogens is 481 g/mol. The fourth-order valence-corrected chi connectivity index (χ4v) is 5.31. The lowest BCUT2D eigenvalue weighted by Gasteiger charge is -2.33. The SMILES string of the molecule is FCCCN1CC(=Cc2ccc(C3=C(c4cc(F)cc(C(F)(F)F)c4)CCCc4ccccc43)cc2)C1. The summed E-state index contributed by atoms with van der Waals surface area (Å²) >= 11 is 0. The Kier molecular flexibility index (Phi) is 7.29. The van der Waals surface area contributed by atoms with Crippen molar-refractivity contribution >= 4 is 17.2 Å². The normalized spacial score (nSPS) is 16.3. The molecule has 1 saturated heterocycles. The van der Waals surface area contributed by atoms with E-state index < -0.39 is 17.6 Å². The molecule has 0 N–H and O–H groups in total. The van der Waals surface area contributed by atoms with Gasteiger partial charge in [-0.15, -0.1) is 0 Å². The van der Waals surface area contributed by atoms with Crippen LogP contribution in [0.15, 0.2) is 72.3 Å². The second kappa shape index (κ2) is 10.6. The molecule has 0 atom stereocenters.